The number of aliphatic hydroxyl groups excluding tert-OH is 2. The normalized spacial score (nSPS) is 34.1. The number of hydrogen-bond acceptors (Lipinski definition) is 5. The molecule has 0 aliphatic carbocycles. The molecule has 17 heavy (non-hydrogen) atoms. The number of ether oxygens (including phenoxy) is 2. The third-order valence-corrected chi connectivity index (χ3v) is 3.19. The van der Waals surface area contributed by atoms with Crippen molar-refractivity contribution in [3.63, 3.8) is 0 Å². The summed E-state index contributed by atoms with van der Waals surface area (Å²) in [6.45, 7) is 4.37. The van der Waals surface area contributed by atoms with E-state index in [0.29, 0.717) is 24.5 Å². The third kappa shape index (κ3) is 2.51. The van der Waals surface area contributed by atoms with Gasteiger partial charge in [0.25, 0.3) is 0 Å². The molecule has 1 fully saturated rings. The summed E-state index contributed by atoms with van der Waals surface area (Å²) in [4.78, 5) is 3.99. The molecule has 5 nitrogen and oxygen atoms in total. The quantitative estimate of drug-likeness (QED) is 0.766. The van der Waals surface area contributed by atoms with Crippen LogP contribution in [0.4, 0.5) is 0 Å². The summed E-state index contributed by atoms with van der Waals surface area (Å²) in [5.74, 6) is -0.151. The molecule has 0 saturated carbocycles. The first kappa shape index (κ1) is 12.5. The average molecular weight is 241 g/mol. The predicted molar refractivity (Wildman–Crippen MR) is 62.9 cm³/mol. The molecule has 1 saturated heterocycles. The Morgan fingerprint density at radius 2 is 2.18 bits per heavy atom. The van der Waals surface area contributed by atoms with Crippen LogP contribution in [0, 0.1) is 5.92 Å². The minimum Gasteiger partial charge on any atom is -0.506 e. The van der Waals surface area contributed by atoms with Crippen LogP contribution in [0.2, 0.25) is 0 Å². The molecule has 0 radical (unpaired) electrons. The van der Waals surface area contributed by atoms with Gasteiger partial charge in [-0.1, -0.05) is 13.3 Å². The maximum absolute atomic E-state index is 9.93. The van der Waals surface area contributed by atoms with Crippen molar-refractivity contribution in [2.24, 2.45) is 10.9 Å². The predicted octanol–water partition coefficient (Wildman–Crippen LogP) is 1.38. The van der Waals surface area contributed by atoms with E-state index in [1.165, 1.54) is 0 Å². The van der Waals surface area contributed by atoms with E-state index in [2.05, 4.69) is 11.9 Å². The number of aliphatic imine (C=N–C) groups is 1. The molecule has 3 unspecified atom stereocenters. The van der Waals surface area contributed by atoms with Gasteiger partial charge < -0.3 is 19.7 Å². The lowest BCUT2D eigenvalue weighted by Crippen LogP contribution is -2.31. The highest BCUT2D eigenvalue weighted by Crippen LogP contribution is 2.29. The number of hydrogen-bond donors (Lipinski definition) is 2. The van der Waals surface area contributed by atoms with Crippen molar-refractivity contribution in [1.29, 1.82) is 0 Å². The Hall–Kier alpha value is -0.910. The zero-order valence-corrected chi connectivity index (χ0v) is 10.2. The zero-order valence-electron chi connectivity index (χ0n) is 10.2. The number of allylic oxidation sites excluding steroid dienone is 1. The summed E-state index contributed by atoms with van der Waals surface area (Å²) in [6.07, 6.45) is 0.693. The number of aliphatic hydroxyl groups is 2. The molecule has 2 aliphatic rings. The zero-order chi connectivity index (χ0) is 12.4. The van der Waals surface area contributed by atoms with Gasteiger partial charge in [-0.25, -0.2) is 0 Å². The maximum Gasteiger partial charge on any atom is 0.158 e. The molecule has 3 atom stereocenters. The topological polar surface area (TPSA) is 71.3 Å². The fourth-order valence-electron chi connectivity index (χ4n) is 2.14. The second kappa shape index (κ2) is 5.16. The highest BCUT2D eigenvalue weighted by Gasteiger charge is 2.34. The van der Waals surface area contributed by atoms with Crippen LogP contribution < -0.4 is 0 Å². The van der Waals surface area contributed by atoms with Crippen LogP contribution in [0.5, 0.6) is 0 Å². The minimum absolute atomic E-state index is 0.140. The van der Waals surface area contributed by atoms with Crippen molar-refractivity contribution in [2.75, 3.05) is 13.2 Å². The van der Waals surface area contributed by atoms with Crippen molar-refractivity contribution in [2.45, 2.75) is 39.2 Å². The van der Waals surface area contributed by atoms with Gasteiger partial charge in [0.15, 0.2) is 12.5 Å². The Bertz CT molecular complexity index is 350. The average Bonchev–Trinajstić information content (AvgIpc) is 2.50. The molecule has 0 amide bonds. The van der Waals surface area contributed by atoms with Crippen LogP contribution in [0.3, 0.4) is 0 Å². The largest absolute Gasteiger partial charge is 0.506 e. The Morgan fingerprint density at radius 3 is 2.88 bits per heavy atom. The monoisotopic (exact) mass is 241 g/mol. The van der Waals surface area contributed by atoms with E-state index in [1.54, 1.807) is 6.92 Å². The summed E-state index contributed by atoms with van der Waals surface area (Å²) >= 11 is 0. The minimum atomic E-state index is -0.843. The summed E-state index contributed by atoms with van der Waals surface area (Å²) in [5, 5.41) is 19.8. The first-order valence-electron chi connectivity index (χ1n) is 6.01. The first-order chi connectivity index (χ1) is 8.13. The van der Waals surface area contributed by atoms with E-state index in [4.69, 9.17) is 9.47 Å². The molecule has 0 bridgehead atoms. The maximum atomic E-state index is 9.93. The van der Waals surface area contributed by atoms with Gasteiger partial charge in [-0.05, 0) is 13.3 Å². The van der Waals surface area contributed by atoms with Gasteiger partial charge in [-0.2, -0.15) is 0 Å². The van der Waals surface area contributed by atoms with E-state index >= 15 is 0 Å². The van der Waals surface area contributed by atoms with Crippen molar-refractivity contribution < 1.29 is 19.7 Å². The lowest BCUT2D eigenvalue weighted by atomic mass is 9.93. The fourth-order valence-corrected chi connectivity index (χ4v) is 2.14. The van der Waals surface area contributed by atoms with Crippen molar-refractivity contribution in [3.8, 4) is 0 Å². The van der Waals surface area contributed by atoms with Crippen molar-refractivity contribution in [1.82, 2.24) is 0 Å². The summed E-state index contributed by atoms with van der Waals surface area (Å²) < 4.78 is 11.1. The molecule has 0 aromatic heterocycles. The van der Waals surface area contributed by atoms with Gasteiger partial charge in [-0.3, -0.25) is 4.99 Å². The first-order valence-corrected chi connectivity index (χ1v) is 6.01. The van der Waals surface area contributed by atoms with Crippen LogP contribution in [0.1, 0.15) is 26.7 Å². The van der Waals surface area contributed by atoms with E-state index < -0.39 is 6.23 Å². The van der Waals surface area contributed by atoms with Gasteiger partial charge in [0.2, 0.25) is 0 Å². The van der Waals surface area contributed by atoms with Gasteiger partial charge in [0.1, 0.15) is 5.76 Å². The molecule has 2 rings (SSSR count). The second-order valence-corrected chi connectivity index (χ2v) is 4.47. The Kier molecular flexibility index (Phi) is 3.81. The van der Waals surface area contributed by atoms with E-state index in [1.807, 2.05) is 0 Å². The molecule has 0 aromatic carbocycles. The molecule has 96 valence electrons. The van der Waals surface area contributed by atoms with E-state index in [-0.39, 0.29) is 18.0 Å². The van der Waals surface area contributed by atoms with Gasteiger partial charge in [-0.15, -0.1) is 0 Å². The van der Waals surface area contributed by atoms with Crippen LogP contribution in [0.25, 0.3) is 0 Å². The van der Waals surface area contributed by atoms with Gasteiger partial charge >= 0.3 is 0 Å². The Balaban J connectivity index is 2.16. The molecular formula is C12H19NO4. The Labute approximate surface area is 101 Å². The summed E-state index contributed by atoms with van der Waals surface area (Å²) in [7, 11) is 0. The highest BCUT2D eigenvalue weighted by molar-refractivity contribution is 5.97. The van der Waals surface area contributed by atoms with Crippen LogP contribution in [0.15, 0.2) is 16.3 Å². The summed E-state index contributed by atoms with van der Waals surface area (Å²) in [5.41, 5.74) is 1.16. The molecule has 2 heterocycles. The molecular weight excluding hydrogens is 222 g/mol. The second-order valence-electron chi connectivity index (χ2n) is 4.47. The number of fused-ring (bicyclic) bond motifs is 1. The standard InChI is InChI=1S/C12H19NO4/c1-3-4-10-16-5-8-9(6-17-10)12(15)13-7(2)11(8)14/h9-10,12,14-15H,3-6H2,1-2H3. The van der Waals surface area contributed by atoms with E-state index in [0.717, 1.165) is 12.8 Å². The highest BCUT2D eigenvalue weighted by atomic mass is 16.7. The van der Waals surface area contributed by atoms with Crippen LogP contribution in [-0.4, -0.2) is 41.7 Å². The van der Waals surface area contributed by atoms with E-state index in [9.17, 15) is 10.2 Å². The van der Waals surface area contributed by atoms with Crippen molar-refractivity contribution in [3.05, 3.63) is 11.3 Å². The Morgan fingerprint density at radius 1 is 1.41 bits per heavy atom. The smallest absolute Gasteiger partial charge is 0.158 e. The molecule has 0 spiro atoms. The number of dihydropyridines is 1. The fraction of sp³-hybridized carbons (Fsp3) is 0.750. The molecule has 0 aromatic rings. The number of nitrogens with zero attached hydrogens (tertiary/aromatic N) is 1. The molecule has 2 aliphatic heterocycles. The van der Waals surface area contributed by atoms with Crippen molar-refractivity contribution >= 4 is 5.71 Å². The lowest BCUT2D eigenvalue weighted by Gasteiger charge is -2.25. The third-order valence-electron chi connectivity index (χ3n) is 3.19. The van der Waals surface area contributed by atoms with Crippen LogP contribution >= 0.6 is 0 Å². The van der Waals surface area contributed by atoms with Gasteiger partial charge in [0.05, 0.1) is 24.8 Å². The molecule has 5 heteroatoms. The SMILES string of the molecule is CCCC1OCC2=C(O)C(C)=NC(O)C2CO1. The van der Waals surface area contributed by atoms with Gasteiger partial charge in [0, 0.05) is 5.57 Å². The molecule has 2 N–H and O–H groups in total. The number of rotatable bonds is 2. The lowest BCUT2D eigenvalue weighted by molar-refractivity contribution is -0.133. The summed E-state index contributed by atoms with van der Waals surface area (Å²) in [6, 6.07) is 0. The van der Waals surface area contributed by atoms with Crippen LogP contribution in [-0.2, 0) is 9.47 Å².